The topological polar surface area (TPSA) is 66.4 Å². The van der Waals surface area contributed by atoms with Crippen molar-refractivity contribution in [3.63, 3.8) is 0 Å². The first-order valence-corrected chi connectivity index (χ1v) is 8.79. The summed E-state index contributed by atoms with van der Waals surface area (Å²) in [6.07, 6.45) is 7.23. The fourth-order valence-electron chi connectivity index (χ4n) is 2.77. The van der Waals surface area contributed by atoms with Gasteiger partial charge in [0.15, 0.2) is 0 Å². The molecule has 0 heterocycles. The predicted molar refractivity (Wildman–Crippen MR) is 78.7 cm³/mol. The first-order valence-electron chi connectivity index (χ1n) is 7.31. The Morgan fingerprint density at radius 1 is 1.20 bits per heavy atom. The van der Waals surface area contributed by atoms with Crippen molar-refractivity contribution in [1.29, 1.82) is 0 Å². The number of sulfonamides is 1. The average molecular weight is 297 g/mol. The summed E-state index contributed by atoms with van der Waals surface area (Å²) in [6.45, 7) is 0.349. The van der Waals surface area contributed by atoms with Crippen molar-refractivity contribution < 1.29 is 13.5 Å². The molecular weight excluding hydrogens is 274 g/mol. The number of rotatable bonds is 6. The van der Waals surface area contributed by atoms with Gasteiger partial charge in [-0.2, -0.15) is 0 Å². The zero-order chi connectivity index (χ0) is 14.4. The molecule has 1 saturated carbocycles. The molecule has 0 aliphatic heterocycles. The van der Waals surface area contributed by atoms with Gasteiger partial charge in [0.25, 0.3) is 0 Å². The van der Waals surface area contributed by atoms with Crippen molar-refractivity contribution in [2.75, 3.05) is 6.54 Å². The molecule has 112 valence electrons. The molecule has 5 heteroatoms. The van der Waals surface area contributed by atoms with E-state index in [-0.39, 0.29) is 11.5 Å². The summed E-state index contributed by atoms with van der Waals surface area (Å²) in [7, 11) is -3.45. The van der Waals surface area contributed by atoms with Crippen LogP contribution in [0, 0.1) is 5.92 Å². The molecule has 0 unspecified atom stereocenters. The Kier molecular flexibility index (Phi) is 5.57. The smallest absolute Gasteiger partial charge is 0.240 e. The normalized spacial score (nSPS) is 17.2. The highest BCUT2D eigenvalue weighted by atomic mass is 32.2. The maximum atomic E-state index is 12.1. The lowest BCUT2D eigenvalue weighted by Crippen LogP contribution is -2.26. The van der Waals surface area contributed by atoms with Crippen LogP contribution in [0.4, 0.5) is 0 Å². The third-order valence-electron chi connectivity index (χ3n) is 3.96. The molecule has 1 aliphatic carbocycles. The third-order valence-corrected chi connectivity index (χ3v) is 5.42. The average Bonchev–Trinajstić information content (AvgIpc) is 2.48. The molecule has 4 nitrogen and oxygen atoms in total. The monoisotopic (exact) mass is 297 g/mol. The van der Waals surface area contributed by atoms with E-state index in [9.17, 15) is 8.42 Å². The van der Waals surface area contributed by atoms with Crippen LogP contribution in [0.5, 0.6) is 0 Å². The Bertz CT molecular complexity index is 522. The highest BCUT2D eigenvalue weighted by Crippen LogP contribution is 2.25. The van der Waals surface area contributed by atoms with Gasteiger partial charge >= 0.3 is 0 Å². The van der Waals surface area contributed by atoms with Crippen molar-refractivity contribution >= 4 is 10.0 Å². The van der Waals surface area contributed by atoms with E-state index in [0.717, 1.165) is 6.42 Å². The lowest BCUT2D eigenvalue weighted by molar-refractivity contribution is 0.281. The molecule has 20 heavy (non-hydrogen) atoms. The Morgan fingerprint density at radius 3 is 2.65 bits per heavy atom. The highest BCUT2D eigenvalue weighted by molar-refractivity contribution is 7.89. The van der Waals surface area contributed by atoms with E-state index in [2.05, 4.69) is 4.72 Å². The van der Waals surface area contributed by atoms with Crippen LogP contribution in [0.2, 0.25) is 0 Å². The molecule has 2 rings (SSSR count). The molecule has 1 aromatic carbocycles. The molecule has 1 aromatic rings. The lowest BCUT2D eigenvalue weighted by atomic mass is 9.87. The van der Waals surface area contributed by atoms with Crippen LogP contribution < -0.4 is 4.72 Å². The van der Waals surface area contributed by atoms with E-state index < -0.39 is 10.0 Å². The van der Waals surface area contributed by atoms with Gasteiger partial charge in [0.1, 0.15) is 0 Å². The minimum Gasteiger partial charge on any atom is -0.392 e. The van der Waals surface area contributed by atoms with E-state index in [4.69, 9.17) is 5.11 Å². The van der Waals surface area contributed by atoms with Crippen molar-refractivity contribution in [2.45, 2.75) is 50.0 Å². The van der Waals surface area contributed by atoms with Crippen LogP contribution in [0.1, 0.15) is 44.1 Å². The second-order valence-corrected chi connectivity index (χ2v) is 7.26. The summed E-state index contributed by atoms with van der Waals surface area (Å²) in [5, 5.41) is 9.06. The van der Waals surface area contributed by atoms with Gasteiger partial charge in [-0.3, -0.25) is 0 Å². The molecule has 0 amide bonds. The van der Waals surface area contributed by atoms with E-state index in [0.29, 0.717) is 18.0 Å². The van der Waals surface area contributed by atoms with Crippen molar-refractivity contribution in [3.8, 4) is 0 Å². The van der Waals surface area contributed by atoms with Crippen LogP contribution >= 0.6 is 0 Å². The summed E-state index contributed by atoms with van der Waals surface area (Å²) < 4.78 is 27.0. The summed E-state index contributed by atoms with van der Waals surface area (Å²) in [5.41, 5.74) is 0.611. The first-order chi connectivity index (χ1) is 9.62. The standard InChI is InChI=1S/C15H23NO3S/c17-12-14-7-4-8-15(11-14)20(18,19)16-10-9-13-5-2-1-3-6-13/h4,7-8,11,13,16-17H,1-3,5-6,9-10,12H2. The van der Waals surface area contributed by atoms with Crippen LogP contribution in [0.3, 0.4) is 0 Å². The molecule has 0 bridgehead atoms. The second-order valence-electron chi connectivity index (χ2n) is 5.50. The number of nitrogens with one attached hydrogen (secondary N) is 1. The molecule has 0 spiro atoms. The molecule has 1 aliphatic rings. The third kappa shape index (κ3) is 4.30. The van der Waals surface area contributed by atoms with Crippen molar-refractivity contribution in [1.82, 2.24) is 4.72 Å². The maximum Gasteiger partial charge on any atom is 0.240 e. The fraction of sp³-hybridized carbons (Fsp3) is 0.600. The van der Waals surface area contributed by atoms with Gasteiger partial charge in [-0.15, -0.1) is 0 Å². The van der Waals surface area contributed by atoms with Crippen LogP contribution in [0.15, 0.2) is 29.2 Å². The minimum atomic E-state index is -3.45. The minimum absolute atomic E-state index is 0.147. The highest BCUT2D eigenvalue weighted by Gasteiger charge is 2.17. The maximum absolute atomic E-state index is 12.1. The van der Waals surface area contributed by atoms with Gasteiger partial charge in [-0.25, -0.2) is 13.1 Å². The second kappa shape index (κ2) is 7.20. The quantitative estimate of drug-likeness (QED) is 0.847. The summed E-state index contributed by atoms with van der Waals surface area (Å²) in [6, 6.07) is 6.44. The Labute approximate surface area is 121 Å². The molecule has 0 radical (unpaired) electrons. The molecule has 0 aromatic heterocycles. The van der Waals surface area contributed by atoms with E-state index in [1.54, 1.807) is 18.2 Å². The lowest BCUT2D eigenvalue weighted by Gasteiger charge is -2.21. The van der Waals surface area contributed by atoms with Gasteiger partial charge < -0.3 is 5.11 Å². The summed E-state index contributed by atoms with van der Waals surface area (Å²) in [4.78, 5) is 0.229. The molecule has 2 N–H and O–H groups in total. The zero-order valence-corrected chi connectivity index (χ0v) is 12.5. The number of benzene rings is 1. The molecular formula is C15H23NO3S. The van der Waals surface area contributed by atoms with Crippen molar-refractivity contribution in [2.24, 2.45) is 5.92 Å². The van der Waals surface area contributed by atoms with Gasteiger partial charge in [0.05, 0.1) is 11.5 Å². The Hall–Kier alpha value is -0.910. The van der Waals surface area contributed by atoms with Crippen LogP contribution in [0.25, 0.3) is 0 Å². The van der Waals surface area contributed by atoms with E-state index in [1.807, 2.05) is 0 Å². The SMILES string of the molecule is O=S(=O)(NCCC1CCCCC1)c1cccc(CO)c1. The predicted octanol–water partition coefficient (Wildman–Crippen LogP) is 2.43. The number of aliphatic hydroxyl groups excluding tert-OH is 1. The fourth-order valence-corrected chi connectivity index (χ4v) is 3.89. The summed E-state index contributed by atoms with van der Waals surface area (Å²) in [5.74, 6) is 0.662. The van der Waals surface area contributed by atoms with E-state index >= 15 is 0 Å². The Morgan fingerprint density at radius 2 is 1.95 bits per heavy atom. The zero-order valence-electron chi connectivity index (χ0n) is 11.7. The van der Waals surface area contributed by atoms with Crippen LogP contribution in [-0.2, 0) is 16.6 Å². The summed E-state index contributed by atoms with van der Waals surface area (Å²) >= 11 is 0. The van der Waals surface area contributed by atoms with Gasteiger partial charge in [-0.1, -0.05) is 44.2 Å². The number of hydrogen-bond acceptors (Lipinski definition) is 3. The number of aliphatic hydroxyl groups is 1. The first kappa shape index (κ1) is 15.5. The van der Waals surface area contributed by atoms with Gasteiger partial charge in [-0.05, 0) is 30.0 Å². The molecule has 1 fully saturated rings. The number of hydrogen-bond donors (Lipinski definition) is 2. The van der Waals surface area contributed by atoms with Crippen molar-refractivity contribution in [3.05, 3.63) is 29.8 Å². The van der Waals surface area contributed by atoms with Gasteiger partial charge in [0.2, 0.25) is 10.0 Å². The van der Waals surface area contributed by atoms with E-state index in [1.165, 1.54) is 38.2 Å². The van der Waals surface area contributed by atoms with Gasteiger partial charge in [0, 0.05) is 6.54 Å². The molecule has 0 saturated heterocycles. The van der Waals surface area contributed by atoms with Crippen LogP contribution in [-0.4, -0.2) is 20.1 Å². The largest absolute Gasteiger partial charge is 0.392 e. The molecule has 0 atom stereocenters. The Balaban J connectivity index is 1.89.